The Balaban J connectivity index is 0.00000149. The second-order valence-corrected chi connectivity index (χ2v) is 7.47. The molecule has 0 atom stereocenters. The van der Waals surface area contributed by atoms with Crippen molar-refractivity contribution in [3.63, 3.8) is 0 Å². The zero-order valence-electron chi connectivity index (χ0n) is 18.9. The first-order valence-electron chi connectivity index (χ1n) is 10.6. The van der Waals surface area contributed by atoms with E-state index in [-0.39, 0.29) is 17.3 Å². The van der Waals surface area contributed by atoms with Gasteiger partial charge in [-0.25, -0.2) is 19.2 Å². The van der Waals surface area contributed by atoms with E-state index in [1.54, 1.807) is 18.2 Å². The van der Waals surface area contributed by atoms with Crippen molar-refractivity contribution in [1.82, 2.24) is 14.5 Å². The number of anilines is 1. The van der Waals surface area contributed by atoms with Gasteiger partial charge in [-0.3, -0.25) is 0 Å². The van der Waals surface area contributed by atoms with E-state index < -0.39 is 5.97 Å². The number of aromatic nitrogens is 3. The maximum atomic E-state index is 13.6. The third-order valence-corrected chi connectivity index (χ3v) is 5.12. The number of nitrogens with two attached hydrogens (primary N) is 1. The Labute approximate surface area is 191 Å². The molecular weight excluding hydrogens is 421 g/mol. The quantitative estimate of drug-likeness (QED) is 0.270. The Morgan fingerprint density at radius 3 is 2.27 bits per heavy atom. The lowest BCUT2D eigenvalue weighted by Crippen LogP contribution is -2.05. The van der Waals surface area contributed by atoms with Gasteiger partial charge in [0.25, 0.3) is 0 Å². The summed E-state index contributed by atoms with van der Waals surface area (Å²) in [5.41, 5.74) is 10.2. The summed E-state index contributed by atoms with van der Waals surface area (Å²) in [5, 5.41) is 17.6. The van der Waals surface area contributed by atoms with E-state index in [4.69, 9.17) is 11.1 Å². The average Bonchev–Trinajstić information content (AvgIpc) is 3.14. The van der Waals surface area contributed by atoms with Gasteiger partial charge in [-0.2, -0.15) is 0 Å². The maximum Gasteiger partial charge on any atom is 0.338 e. The van der Waals surface area contributed by atoms with Gasteiger partial charge < -0.3 is 20.8 Å². The van der Waals surface area contributed by atoms with Gasteiger partial charge in [0, 0.05) is 52.2 Å². The molecule has 8 heteroatoms. The van der Waals surface area contributed by atoms with Crippen LogP contribution in [0.15, 0.2) is 48.8 Å². The lowest BCUT2D eigenvalue weighted by molar-refractivity contribution is 0.0696. The van der Waals surface area contributed by atoms with Crippen LogP contribution >= 0.6 is 0 Å². The van der Waals surface area contributed by atoms with Crippen LogP contribution in [-0.2, 0) is 0 Å². The van der Waals surface area contributed by atoms with Crippen LogP contribution < -0.4 is 5.73 Å². The van der Waals surface area contributed by atoms with Crippen molar-refractivity contribution >= 4 is 28.8 Å². The third kappa shape index (κ3) is 4.32. The Bertz CT molecular complexity index is 1310. The summed E-state index contributed by atoms with van der Waals surface area (Å²) in [6.45, 7) is 8.04. The highest BCUT2D eigenvalue weighted by molar-refractivity contribution is 6.03. The number of nitrogen functional groups attached to an aromatic ring is 1. The molecule has 2 heterocycles. The minimum absolute atomic E-state index is 0.0114. The number of hydrogen-bond acceptors (Lipinski definition) is 5. The fourth-order valence-corrected chi connectivity index (χ4v) is 3.73. The Morgan fingerprint density at radius 1 is 1.15 bits per heavy atom. The van der Waals surface area contributed by atoms with Gasteiger partial charge in [-0.05, 0) is 42.3 Å². The summed E-state index contributed by atoms with van der Waals surface area (Å²) in [5.74, 6) is -1.07. The van der Waals surface area contributed by atoms with Crippen LogP contribution in [0.25, 0.3) is 28.0 Å². The molecule has 0 fully saturated rings. The number of rotatable bonds is 5. The number of halogens is 1. The molecule has 7 nitrogen and oxygen atoms in total. The monoisotopic (exact) mass is 447 g/mol. The standard InChI is InChI=1S/C23H20FN5O2.C2H6/c1-12(2)21-20(22-27-10-14(11-28-22)23(30)31)17-8-18(26)13(9-25)7-19(17)29(21)16-5-3-15(24)4-6-16;1-2/h3-12,25H,26H2,1-2H3,(H,30,31);1-2H3. The largest absolute Gasteiger partial charge is 0.478 e. The summed E-state index contributed by atoms with van der Waals surface area (Å²) in [4.78, 5) is 19.8. The number of aromatic carboxylic acids is 1. The minimum atomic E-state index is -1.11. The third-order valence-electron chi connectivity index (χ3n) is 5.12. The molecule has 0 aliphatic rings. The van der Waals surface area contributed by atoms with Crippen LogP contribution in [0.3, 0.4) is 0 Å². The fraction of sp³-hybridized carbons (Fsp3) is 0.200. The molecule has 170 valence electrons. The van der Waals surface area contributed by atoms with E-state index in [1.807, 2.05) is 38.3 Å². The van der Waals surface area contributed by atoms with Crippen molar-refractivity contribution in [3.8, 4) is 17.1 Å². The molecule has 0 aliphatic carbocycles. The molecule has 33 heavy (non-hydrogen) atoms. The Morgan fingerprint density at radius 2 is 1.76 bits per heavy atom. The summed E-state index contributed by atoms with van der Waals surface area (Å²) in [6.07, 6.45) is 3.72. The molecule has 2 aromatic heterocycles. The molecule has 0 saturated heterocycles. The number of benzene rings is 2. The van der Waals surface area contributed by atoms with Crippen LogP contribution in [0.5, 0.6) is 0 Å². The zero-order chi connectivity index (χ0) is 24.3. The lowest BCUT2D eigenvalue weighted by Gasteiger charge is -2.15. The van der Waals surface area contributed by atoms with Crippen LogP contribution in [0.4, 0.5) is 10.1 Å². The van der Waals surface area contributed by atoms with Crippen LogP contribution in [-0.4, -0.2) is 31.8 Å². The molecule has 0 aliphatic heterocycles. The zero-order valence-corrected chi connectivity index (χ0v) is 18.9. The summed E-state index contributed by atoms with van der Waals surface area (Å²) < 4.78 is 15.6. The van der Waals surface area contributed by atoms with Crippen molar-refractivity contribution in [1.29, 1.82) is 5.41 Å². The SMILES string of the molecule is CC.CC(C)c1c(-c2ncc(C(=O)O)cn2)c2cc(N)c(C=N)cc2n1-c1ccc(F)cc1. The van der Waals surface area contributed by atoms with E-state index >= 15 is 0 Å². The predicted octanol–water partition coefficient (Wildman–Crippen LogP) is 5.65. The highest BCUT2D eigenvalue weighted by atomic mass is 19.1. The smallest absolute Gasteiger partial charge is 0.338 e. The number of fused-ring (bicyclic) bond motifs is 1. The molecule has 2 aromatic carbocycles. The molecular formula is C25H26FN5O2. The number of carboxylic acid groups (broad SMARTS) is 1. The van der Waals surface area contributed by atoms with Crippen molar-refractivity contribution in [2.45, 2.75) is 33.6 Å². The van der Waals surface area contributed by atoms with Gasteiger partial charge in [0.1, 0.15) is 5.82 Å². The van der Waals surface area contributed by atoms with Gasteiger partial charge in [0.2, 0.25) is 0 Å². The normalized spacial score (nSPS) is 10.7. The Kier molecular flexibility index (Phi) is 6.86. The molecule has 4 aromatic rings. The number of carbonyl (C=O) groups is 1. The molecule has 0 saturated carbocycles. The topological polar surface area (TPSA) is 118 Å². The van der Waals surface area contributed by atoms with E-state index in [9.17, 15) is 14.3 Å². The van der Waals surface area contributed by atoms with Gasteiger partial charge >= 0.3 is 5.97 Å². The highest BCUT2D eigenvalue weighted by Crippen LogP contribution is 2.40. The van der Waals surface area contributed by atoms with Crippen molar-refractivity contribution < 1.29 is 14.3 Å². The average molecular weight is 448 g/mol. The van der Waals surface area contributed by atoms with Crippen LogP contribution in [0.2, 0.25) is 0 Å². The molecule has 0 amide bonds. The molecule has 0 unspecified atom stereocenters. The molecule has 4 rings (SSSR count). The number of hydrogen-bond donors (Lipinski definition) is 3. The summed E-state index contributed by atoms with van der Waals surface area (Å²) in [6, 6.07) is 9.71. The second kappa shape index (κ2) is 9.60. The van der Waals surface area contributed by atoms with Gasteiger partial charge in [0.15, 0.2) is 5.82 Å². The first kappa shape index (κ1) is 23.6. The molecule has 0 radical (unpaired) electrons. The van der Waals surface area contributed by atoms with Crippen molar-refractivity contribution in [2.24, 2.45) is 0 Å². The van der Waals surface area contributed by atoms with Gasteiger partial charge in [0.05, 0.1) is 11.1 Å². The summed E-state index contributed by atoms with van der Waals surface area (Å²) >= 11 is 0. The van der Waals surface area contributed by atoms with E-state index in [2.05, 4.69) is 9.97 Å². The van der Waals surface area contributed by atoms with Gasteiger partial charge in [-0.1, -0.05) is 27.7 Å². The minimum Gasteiger partial charge on any atom is -0.478 e. The predicted molar refractivity (Wildman–Crippen MR) is 129 cm³/mol. The van der Waals surface area contributed by atoms with Crippen LogP contribution in [0.1, 0.15) is 55.2 Å². The molecule has 0 bridgehead atoms. The lowest BCUT2D eigenvalue weighted by atomic mass is 10.0. The van der Waals surface area contributed by atoms with Gasteiger partial charge in [-0.15, -0.1) is 0 Å². The first-order valence-corrected chi connectivity index (χ1v) is 10.6. The fourth-order valence-electron chi connectivity index (χ4n) is 3.73. The Hall–Kier alpha value is -4.07. The summed E-state index contributed by atoms with van der Waals surface area (Å²) in [7, 11) is 0. The van der Waals surface area contributed by atoms with E-state index in [0.717, 1.165) is 27.8 Å². The number of nitrogens with zero attached hydrogens (tertiary/aromatic N) is 3. The van der Waals surface area contributed by atoms with Crippen LogP contribution in [0, 0.1) is 11.2 Å². The molecule has 4 N–H and O–H groups in total. The maximum absolute atomic E-state index is 13.6. The second-order valence-electron chi connectivity index (χ2n) is 7.47. The molecule has 0 spiro atoms. The van der Waals surface area contributed by atoms with E-state index in [1.165, 1.54) is 30.7 Å². The first-order chi connectivity index (χ1) is 15.8. The highest BCUT2D eigenvalue weighted by Gasteiger charge is 2.24. The van der Waals surface area contributed by atoms with Crippen molar-refractivity contribution in [3.05, 3.63) is 71.4 Å². The number of nitrogens with one attached hydrogen (secondary N) is 1. The van der Waals surface area contributed by atoms with Crippen molar-refractivity contribution in [2.75, 3.05) is 5.73 Å². The van der Waals surface area contributed by atoms with E-state index in [0.29, 0.717) is 17.1 Å². The number of carboxylic acids is 1.